The van der Waals surface area contributed by atoms with Gasteiger partial charge in [-0.1, -0.05) is 0 Å². The Hall–Kier alpha value is -3.50. The number of benzene rings is 2. The van der Waals surface area contributed by atoms with Crippen LogP contribution in [0.4, 0.5) is 20.4 Å². The fourth-order valence-corrected chi connectivity index (χ4v) is 2.59. The number of aromatic nitrogens is 2. The number of aliphatic hydroxyl groups is 2. The van der Waals surface area contributed by atoms with Crippen molar-refractivity contribution in [3.63, 3.8) is 0 Å². The quantitative estimate of drug-likeness (QED) is 0.336. The zero-order valence-electron chi connectivity index (χ0n) is 17.1. The van der Waals surface area contributed by atoms with Gasteiger partial charge in [-0.2, -0.15) is 0 Å². The third kappa shape index (κ3) is 7.64. The van der Waals surface area contributed by atoms with E-state index in [9.17, 15) is 19.0 Å². The Labute approximate surface area is 183 Å². The molecule has 1 heterocycles. The Bertz CT molecular complexity index is 882. The first-order valence-corrected chi connectivity index (χ1v) is 9.91. The summed E-state index contributed by atoms with van der Waals surface area (Å²) in [4.78, 5) is 8.36. The molecular formula is C22H24F2N4O4. The van der Waals surface area contributed by atoms with Crippen molar-refractivity contribution in [1.82, 2.24) is 9.97 Å². The first-order chi connectivity index (χ1) is 15.5. The Morgan fingerprint density at radius 1 is 0.688 bits per heavy atom. The zero-order chi connectivity index (χ0) is 22.8. The molecule has 2 unspecified atom stereocenters. The molecule has 2 aromatic carbocycles. The van der Waals surface area contributed by atoms with Gasteiger partial charge in [-0.25, -0.2) is 18.7 Å². The summed E-state index contributed by atoms with van der Waals surface area (Å²) in [5.74, 6) is 0.942. The normalized spacial score (nSPS) is 12.6. The van der Waals surface area contributed by atoms with Gasteiger partial charge in [-0.3, -0.25) is 0 Å². The standard InChI is InChI=1S/C22H24F2N4O4/c23-15-1-5-19(6-2-15)31-13-17(29)11-27-21-22(26-10-9-25-21)28-12-18(30)14-32-20-7-3-16(24)4-8-20/h1-10,17-18,29-30H,11-14H2,(H,25,27)(H,26,28). The maximum absolute atomic E-state index is 12.9. The molecule has 32 heavy (non-hydrogen) atoms. The van der Waals surface area contributed by atoms with Gasteiger partial charge >= 0.3 is 0 Å². The van der Waals surface area contributed by atoms with Crippen LogP contribution in [0.5, 0.6) is 11.5 Å². The number of ether oxygens (including phenoxy) is 2. The Kier molecular flexibility index (Phi) is 8.52. The first kappa shape index (κ1) is 23.2. The second-order valence-electron chi connectivity index (χ2n) is 6.85. The van der Waals surface area contributed by atoms with Crippen LogP contribution in [-0.2, 0) is 0 Å². The number of aliphatic hydroxyl groups excluding tert-OH is 2. The number of hydrogen-bond acceptors (Lipinski definition) is 8. The van der Waals surface area contributed by atoms with Gasteiger partial charge in [-0.05, 0) is 48.5 Å². The summed E-state index contributed by atoms with van der Waals surface area (Å²) >= 11 is 0. The highest BCUT2D eigenvalue weighted by Crippen LogP contribution is 2.16. The molecule has 0 saturated heterocycles. The number of anilines is 2. The number of nitrogens with zero attached hydrogens (tertiary/aromatic N) is 2. The van der Waals surface area contributed by atoms with Crippen molar-refractivity contribution in [1.29, 1.82) is 0 Å². The first-order valence-electron chi connectivity index (χ1n) is 9.91. The van der Waals surface area contributed by atoms with E-state index in [0.29, 0.717) is 23.1 Å². The van der Waals surface area contributed by atoms with Crippen LogP contribution in [0.15, 0.2) is 60.9 Å². The minimum atomic E-state index is -0.857. The minimum Gasteiger partial charge on any atom is -0.491 e. The second-order valence-corrected chi connectivity index (χ2v) is 6.85. The molecule has 170 valence electrons. The van der Waals surface area contributed by atoms with Crippen molar-refractivity contribution < 1.29 is 28.5 Å². The lowest BCUT2D eigenvalue weighted by Gasteiger charge is -2.17. The number of nitrogens with one attached hydrogen (secondary N) is 2. The summed E-state index contributed by atoms with van der Waals surface area (Å²) in [5.41, 5.74) is 0. The lowest BCUT2D eigenvalue weighted by atomic mass is 10.3. The Balaban J connectivity index is 1.42. The fourth-order valence-electron chi connectivity index (χ4n) is 2.59. The monoisotopic (exact) mass is 446 g/mol. The van der Waals surface area contributed by atoms with E-state index in [2.05, 4.69) is 20.6 Å². The third-order valence-electron chi connectivity index (χ3n) is 4.22. The van der Waals surface area contributed by atoms with Crippen molar-refractivity contribution >= 4 is 11.6 Å². The van der Waals surface area contributed by atoms with Gasteiger partial charge in [0.1, 0.15) is 48.6 Å². The number of halogens is 2. The van der Waals surface area contributed by atoms with Crippen LogP contribution in [0.1, 0.15) is 0 Å². The Morgan fingerprint density at radius 3 is 1.44 bits per heavy atom. The van der Waals surface area contributed by atoms with Crippen molar-refractivity contribution in [3.8, 4) is 11.5 Å². The molecule has 0 aliphatic carbocycles. The van der Waals surface area contributed by atoms with Crippen LogP contribution in [-0.4, -0.2) is 58.7 Å². The lowest BCUT2D eigenvalue weighted by molar-refractivity contribution is 0.117. The van der Waals surface area contributed by atoms with Gasteiger partial charge in [0.15, 0.2) is 11.6 Å². The molecule has 0 saturated carbocycles. The van der Waals surface area contributed by atoms with Crippen molar-refractivity contribution in [3.05, 3.63) is 72.6 Å². The average Bonchev–Trinajstić information content (AvgIpc) is 2.81. The molecule has 3 aromatic rings. The zero-order valence-corrected chi connectivity index (χ0v) is 17.1. The SMILES string of the molecule is OC(CNc1nccnc1NCC(O)COc1ccc(F)cc1)COc1ccc(F)cc1. The smallest absolute Gasteiger partial charge is 0.169 e. The van der Waals surface area contributed by atoms with Gasteiger partial charge in [0.2, 0.25) is 0 Å². The highest BCUT2D eigenvalue weighted by molar-refractivity contribution is 5.58. The molecule has 2 atom stereocenters. The molecule has 0 radical (unpaired) electrons. The van der Waals surface area contributed by atoms with Crippen LogP contribution in [0.3, 0.4) is 0 Å². The summed E-state index contributed by atoms with van der Waals surface area (Å²) in [6.07, 6.45) is 1.26. The molecule has 10 heteroatoms. The van der Waals surface area contributed by atoms with Crippen LogP contribution in [0.25, 0.3) is 0 Å². The molecule has 8 nitrogen and oxygen atoms in total. The maximum atomic E-state index is 12.9. The second kappa shape index (κ2) is 11.8. The van der Waals surface area contributed by atoms with Gasteiger partial charge in [0.05, 0.1) is 0 Å². The fraction of sp³-hybridized carbons (Fsp3) is 0.273. The van der Waals surface area contributed by atoms with Crippen LogP contribution in [0.2, 0.25) is 0 Å². The van der Waals surface area contributed by atoms with E-state index >= 15 is 0 Å². The predicted octanol–water partition coefficient (Wildman–Crippen LogP) is 2.46. The summed E-state index contributed by atoms with van der Waals surface area (Å²) in [5, 5.41) is 26.2. The minimum absolute atomic E-state index is 0.00109. The topological polar surface area (TPSA) is 109 Å². The summed E-state index contributed by atoms with van der Waals surface area (Å²) < 4.78 is 36.6. The van der Waals surface area contributed by atoms with E-state index in [4.69, 9.17) is 9.47 Å². The molecule has 3 rings (SSSR count). The third-order valence-corrected chi connectivity index (χ3v) is 4.22. The van der Waals surface area contributed by atoms with E-state index in [0.717, 1.165) is 0 Å². The van der Waals surface area contributed by atoms with Crippen LogP contribution >= 0.6 is 0 Å². The molecule has 0 fully saturated rings. The summed E-state index contributed by atoms with van der Waals surface area (Å²) in [6.45, 7) is 0.262. The van der Waals surface area contributed by atoms with E-state index in [1.165, 1.54) is 60.9 Å². The highest BCUT2D eigenvalue weighted by Gasteiger charge is 2.12. The maximum Gasteiger partial charge on any atom is 0.169 e. The molecular weight excluding hydrogens is 422 g/mol. The molecule has 0 spiro atoms. The van der Waals surface area contributed by atoms with Crippen LogP contribution in [0, 0.1) is 11.6 Å². The van der Waals surface area contributed by atoms with Crippen LogP contribution < -0.4 is 20.1 Å². The molecule has 1 aromatic heterocycles. The Morgan fingerprint density at radius 2 is 1.06 bits per heavy atom. The molecule has 4 N–H and O–H groups in total. The van der Waals surface area contributed by atoms with Crippen molar-refractivity contribution in [2.75, 3.05) is 36.9 Å². The van der Waals surface area contributed by atoms with E-state index in [-0.39, 0.29) is 37.9 Å². The van der Waals surface area contributed by atoms with E-state index in [1.807, 2.05) is 0 Å². The molecule has 0 aliphatic heterocycles. The summed E-state index contributed by atoms with van der Waals surface area (Å²) in [6, 6.07) is 11.0. The van der Waals surface area contributed by atoms with Gasteiger partial charge in [-0.15, -0.1) is 0 Å². The number of rotatable bonds is 12. The lowest BCUT2D eigenvalue weighted by Crippen LogP contribution is -2.28. The largest absolute Gasteiger partial charge is 0.491 e. The molecule has 0 aliphatic rings. The van der Waals surface area contributed by atoms with Crippen molar-refractivity contribution in [2.45, 2.75) is 12.2 Å². The van der Waals surface area contributed by atoms with Crippen molar-refractivity contribution in [2.24, 2.45) is 0 Å². The number of hydrogen-bond donors (Lipinski definition) is 4. The van der Waals surface area contributed by atoms with E-state index < -0.39 is 12.2 Å². The van der Waals surface area contributed by atoms with Gasteiger partial charge in [0, 0.05) is 25.5 Å². The van der Waals surface area contributed by atoms with Gasteiger partial charge < -0.3 is 30.3 Å². The highest BCUT2D eigenvalue weighted by atomic mass is 19.1. The summed E-state index contributed by atoms with van der Waals surface area (Å²) in [7, 11) is 0. The molecule has 0 bridgehead atoms. The predicted molar refractivity (Wildman–Crippen MR) is 115 cm³/mol. The average molecular weight is 446 g/mol. The van der Waals surface area contributed by atoms with Gasteiger partial charge in [0.25, 0.3) is 0 Å². The van der Waals surface area contributed by atoms with E-state index in [1.54, 1.807) is 0 Å². The molecule has 0 amide bonds.